The Bertz CT molecular complexity index is 444. The van der Waals surface area contributed by atoms with Crippen LogP contribution < -0.4 is 10.6 Å². The summed E-state index contributed by atoms with van der Waals surface area (Å²) in [7, 11) is 0. The summed E-state index contributed by atoms with van der Waals surface area (Å²) in [5, 5.41) is 6.63. The molecule has 1 rings (SSSR count). The fourth-order valence-electron chi connectivity index (χ4n) is 2.02. The molecular formula is C18H31N3O. The highest BCUT2D eigenvalue weighted by molar-refractivity contribution is 5.79. The second kappa shape index (κ2) is 11.1. The molecule has 0 atom stereocenters. The van der Waals surface area contributed by atoms with Crippen LogP contribution >= 0.6 is 0 Å². The summed E-state index contributed by atoms with van der Waals surface area (Å²) in [6.07, 6.45) is 0.988. The summed E-state index contributed by atoms with van der Waals surface area (Å²) in [5.41, 5.74) is 2.51. The molecular weight excluding hydrogens is 274 g/mol. The molecule has 1 aromatic carbocycles. The van der Waals surface area contributed by atoms with Crippen molar-refractivity contribution in [3.8, 4) is 0 Å². The van der Waals surface area contributed by atoms with Crippen LogP contribution in [0, 0.1) is 12.8 Å². The number of hydrogen-bond donors (Lipinski definition) is 2. The number of ether oxygens (including phenoxy) is 1. The Balaban J connectivity index is 2.33. The maximum Gasteiger partial charge on any atom is 0.191 e. The predicted molar refractivity (Wildman–Crippen MR) is 94.3 cm³/mol. The normalized spacial score (nSPS) is 11.8. The molecule has 22 heavy (non-hydrogen) atoms. The second-order valence-electron chi connectivity index (χ2n) is 5.93. The average Bonchev–Trinajstić information content (AvgIpc) is 2.48. The maximum atomic E-state index is 5.58. The Hall–Kier alpha value is -1.55. The molecule has 0 fully saturated rings. The van der Waals surface area contributed by atoms with Gasteiger partial charge < -0.3 is 15.4 Å². The van der Waals surface area contributed by atoms with Crippen LogP contribution in [0.1, 0.15) is 38.3 Å². The number of aliphatic imine (C=N–C) groups is 1. The van der Waals surface area contributed by atoms with Gasteiger partial charge in [0, 0.05) is 26.3 Å². The zero-order valence-electron chi connectivity index (χ0n) is 14.5. The van der Waals surface area contributed by atoms with Gasteiger partial charge in [0.25, 0.3) is 0 Å². The molecule has 0 spiro atoms. The quantitative estimate of drug-likeness (QED) is 0.418. The monoisotopic (exact) mass is 305 g/mol. The van der Waals surface area contributed by atoms with Crippen LogP contribution in [0.3, 0.4) is 0 Å². The van der Waals surface area contributed by atoms with E-state index in [4.69, 9.17) is 4.74 Å². The van der Waals surface area contributed by atoms with Gasteiger partial charge in [-0.25, -0.2) is 4.99 Å². The fraction of sp³-hybridized carbons (Fsp3) is 0.611. The minimum Gasteiger partial charge on any atom is -0.381 e. The highest BCUT2D eigenvalue weighted by Gasteiger charge is 1.98. The zero-order valence-corrected chi connectivity index (χ0v) is 14.5. The van der Waals surface area contributed by atoms with Gasteiger partial charge in [-0.05, 0) is 31.7 Å². The van der Waals surface area contributed by atoms with Gasteiger partial charge in [0.1, 0.15) is 0 Å². The number of guanidine groups is 1. The molecule has 0 amide bonds. The van der Waals surface area contributed by atoms with Gasteiger partial charge in [-0.15, -0.1) is 0 Å². The zero-order chi connectivity index (χ0) is 16.2. The van der Waals surface area contributed by atoms with Crippen molar-refractivity contribution in [2.75, 3.05) is 26.3 Å². The number of nitrogens with one attached hydrogen (secondary N) is 2. The van der Waals surface area contributed by atoms with Crippen molar-refractivity contribution in [3.05, 3.63) is 35.4 Å². The number of aryl methyl sites for hydroxylation is 1. The van der Waals surface area contributed by atoms with Gasteiger partial charge in [-0.3, -0.25) is 0 Å². The van der Waals surface area contributed by atoms with Crippen LogP contribution in [-0.4, -0.2) is 32.3 Å². The molecule has 0 aliphatic heterocycles. The Morgan fingerprint density at radius 1 is 1.27 bits per heavy atom. The Kier molecular flexibility index (Phi) is 9.31. The molecule has 0 bridgehead atoms. The first kappa shape index (κ1) is 18.5. The molecule has 0 aromatic heterocycles. The van der Waals surface area contributed by atoms with Gasteiger partial charge in [-0.2, -0.15) is 0 Å². The molecule has 0 aliphatic rings. The lowest BCUT2D eigenvalue weighted by Gasteiger charge is -2.12. The minimum atomic E-state index is 0.598. The van der Waals surface area contributed by atoms with Crippen LogP contribution in [0.25, 0.3) is 0 Å². The fourth-order valence-corrected chi connectivity index (χ4v) is 2.02. The molecule has 0 unspecified atom stereocenters. The van der Waals surface area contributed by atoms with Crippen molar-refractivity contribution in [1.29, 1.82) is 0 Å². The van der Waals surface area contributed by atoms with E-state index in [1.807, 2.05) is 0 Å². The van der Waals surface area contributed by atoms with Gasteiger partial charge in [0.2, 0.25) is 0 Å². The lowest BCUT2D eigenvalue weighted by Crippen LogP contribution is -2.38. The molecule has 124 valence electrons. The van der Waals surface area contributed by atoms with Crippen molar-refractivity contribution >= 4 is 5.96 Å². The highest BCUT2D eigenvalue weighted by Crippen LogP contribution is 2.04. The van der Waals surface area contributed by atoms with Crippen LogP contribution in [0.2, 0.25) is 0 Å². The lowest BCUT2D eigenvalue weighted by molar-refractivity contribution is 0.108. The summed E-state index contributed by atoms with van der Waals surface area (Å²) < 4.78 is 5.58. The highest BCUT2D eigenvalue weighted by atomic mass is 16.5. The van der Waals surface area contributed by atoms with Crippen molar-refractivity contribution < 1.29 is 4.74 Å². The standard InChI is InChI=1S/C18H31N3O/c1-5-19-18(20-10-7-11-22-14-15(2)3)21-13-17-9-6-8-16(4)12-17/h6,8-9,12,15H,5,7,10-11,13-14H2,1-4H3,(H2,19,20,21). The lowest BCUT2D eigenvalue weighted by atomic mass is 10.1. The average molecular weight is 305 g/mol. The minimum absolute atomic E-state index is 0.598. The SMILES string of the molecule is CCNC(=NCc1cccc(C)c1)NCCCOCC(C)C. The molecule has 1 aromatic rings. The first-order valence-corrected chi connectivity index (χ1v) is 8.27. The van der Waals surface area contributed by atoms with E-state index in [1.165, 1.54) is 11.1 Å². The largest absolute Gasteiger partial charge is 0.381 e. The van der Waals surface area contributed by atoms with E-state index in [2.05, 4.69) is 67.6 Å². The van der Waals surface area contributed by atoms with E-state index in [9.17, 15) is 0 Å². The number of hydrogen-bond acceptors (Lipinski definition) is 2. The summed E-state index contributed by atoms with van der Waals surface area (Å²) in [6.45, 7) is 12.6. The third-order valence-corrected chi connectivity index (χ3v) is 3.06. The van der Waals surface area contributed by atoms with Crippen LogP contribution in [-0.2, 0) is 11.3 Å². The van der Waals surface area contributed by atoms with E-state index in [1.54, 1.807) is 0 Å². The smallest absolute Gasteiger partial charge is 0.191 e. The van der Waals surface area contributed by atoms with Gasteiger partial charge in [0.15, 0.2) is 5.96 Å². The topological polar surface area (TPSA) is 45.7 Å². The Morgan fingerprint density at radius 2 is 2.09 bits per heavy atom. The Morgan fingerprint density at radius 3 is 2.77 bits per heavy atom. The molecule has 0 aliphatic carbocycles. The molecule has 4 nitrogen and oxygen atoms in total. The van der Waals surface area contributed by atoms with Crippen molar-refractivity contribution in [3.63, 3.8) is 0 Å². The van der Waals surface area contributed by atoms with Gasteiger partial charge in [0.05, 0.1) is 6.54 Å². The van der Waals surface area contributed by atoms with Gasteiger partial charge >= 0.3 is 0 Å². The molecule has 4 heteroatoms. The first-order valence-electron chi connectivity index (χ1n) is 8.27. The Labute approximate surface area is 135 Å². The molecule has 0 radical (unpaired) electrons. The maximum absolute atomic E-state index is 5.58. The van der Waals surface area contributed by atoms with Crippen LogP contribution in [0.15, 0.2) is 29.3 Å². The molecule has 0 heterocycles. The summed E-state index contributed by atoms with van der Waals surface area (Å²) in [6, 6.07) is 8.47. The summed E-state index contributed by atoms with van der Waals surface area (Å²) >= 11 is 0. The summed E-state index contributed by atoms with van der Waals surface area (Å²) in [4.78, 5) is 4.62. The molecule has 0 saturated heterocycles. The number of rotatable bonds is 9. The third kappa shape index (κ3) is 8.67. The molecule has 0 saturated carbocycles. The number of nitrogens with zero attached hydrogens (tertiary/aromatic N) is 1. The van der Waals surface area contributed by atoms with E-state index in [0.717, 1.165) is 38.7 Å². The van der Waals surface area contributed by atoms with E-state index in [0.29, 0.717) is 12.5 Å². The molecule has 2 N–H and O–H groups in total. The second-order valence-corrected chi connectivity index (χ2v) is 5.93. The van der Waals surface area contributed by atoms with E-state index < -0.39 is 0 Å². The number of benzene rings is 1. The summed E-state index contributed by atoms with van der Waals surface area (Å²) in [5.74, 6) is 1.47. The van der Waals surface area contributed by atoms with Crippen LogP contribution in [0.4, 0.5) is 0 Å². The third-order valence-electron chi connectivity index (χ3n) is 3.06. The predicted octanol–water partition coefficient (Wildman–Crippen LogP) is 3.11. The van der Waals surface area contributed by atoms with E-state index in [-0.39, 0.29) is 0 Å². The van der Waals surface area contributed by atoms with Crippen LogP contribution in [0.5, 0.6) is 0 Å². The first-order chi connectivity index (χ1) is 10.6. The van der Waals surface area contributed by atoms with Crippen molar-refractivity contribution in [2.45, 2.75) is 40.7 Å². The van der Waals surface area contributed by atoms with Crippen molar-refractivity contribution in [1.82, 2.24) is 10.6 Å². The van der Waals surface area contributed by atoms with Gasteiger partial charge in [-0.1, -0.05) is 43.7 Å². The van der Waals surface area contributed by atoms with E-state index >= 15 is 0 Å². The van der Waals surface area contributed by atoms with Crippen molar-refractivity contribution in [2.24, 2.45) is 10.9 Å².